The van der Waals surface area contributed by atoms with Gasteiger partial charge in [-0.3, -0.25) is 0 Å². The fourth-order valence-corrected chi connectivity index (χ4v) is 8.72. The Balaban J connectivity index is 1.00. The maximum Gasteiger partial charge on any atom is 0.164 e. The van der Waals surface area contributed by atoms with Gasteiger partial charge in [0.05, 0.1) is 20.4 Å². The molecule has 0 N–H and O–H groups in total. The molecule has 0 spiro atoms. The minimum Gasteiger partial charge on any atom is -0.235 e. The minimum atomic E-state index is 0.619. The molecule has 10 aromatic rings. The first kappa shape index (κ1) is 32.0. The molecule has 0 saturated carbocycles. The third kappa shape index (κ3) is 6.05. The number of fused-ring (bicyclic) bond motifs is 2. The van der Waals surface area contributed by atoms with Crippen molar-refractivity contribution in [3.8, 4) is 77.6 Å². The Hall–Kier alpha value is -6.67. The second-order valence-electron chi connectivity index (χ2n) is 12.9. The van der Waals surface area contributed by atoms with Gasteiger partial charge in [0, 0.05) is 38.9 Å². The second kappa shape index (κ2) is 13.7. The van der Waals surface area contributed by atoms with Crippen molar-refractivity contribution in [2.24, 2.45) is 0 Å². The predicted molar refractivity (Wildman–Crippen MR) is 224 cm³/mol. The molecule has 0 aliphatic rings. The van der Waals surface area contributed by atoms with E-state index in [1.54, 1.807) is 22.7 Å². The number of rotatable bonds is 7. The summed E-state index contributed by atoms with van der Waals surface area (Å²) in [7, 11) is 0. The number of aromatic nitrogens is 5. The number of hydrogen-bond donors (Lipinski definition) is 0. The zero-order valence-electron chi connectivity index (χ0n) is 28.8. The number of nitrogens with zero attached hydrogens (tertiary/aromatic N) is 5. The summed E-state index contributed by atoms with van der Waals surface area (Å²) in [5, 5.41) is 2.04. The van der Waals surface area contributed by atoms with E-state index in [1.807, 2.05) is 42.5 Å². The van der Waals surface area contributed by atoms with Crippen LogP contribution in [0.1, 0.15) is 0 Å². The van der Waals surface area contributed by atoms with E-state index in [9.17, 15) is 0 Å². The molecular formula is C47H29N5S2. The molecule has 5 nitrogen and oxygen atoms in total. The maximum absolute atomic E-state index is 5.07. The van der Waals surface area contributed by atoms with Gasteiger partial charge in [-0.2, -0.15) is 0 Å². The van der Waals surface area contributed by atoms with Gasteiger partial charge >= 0.3 is 0 Å². The van der Waals surface area contributed by atoms with Crippen molar-refractivity contribution >= 4 is 43.1 Å². The predicted octanol–water partition coefficient (Wildman–Crippen LogP) is 12.8. The lowest BCUT2D eigenvalue weighted by Crippen LogP contribution is -2.00. The van der Waals surface area contributed by atoms with E-state index < -0.39 is 0 Å². The Morgan fingerprint density at radius 3 is 0.981 bits per heavy atom. The highest BCUT2D eigenvalue weighted by atomic mass is 32.1. The molecule has 0 bridgehead atoms. The topological polar surface area (TPSA) is 64.5 Å². The highest BCUT2D eigenvalue weighted by Crippen LogP contribution is 2.38. The van der Waals surface area contributed by atoms with Crippen LogP contribution in [0.3, 0.4) is 0 Å². The van der Waals surface area contributed by atoms with Crippen molar-refractivity contribution in [2.75, 3.05) is 0 Å². The third-order valence-corrected chi connectivity index (χ3v) is 11.6. The van der Waals surface area contributed by atoms with Crippen LogP contribution in [0.4, 0.5) is 0 Å². The van der Waals surface area contributed by atoms with Gasteiger partial charge in [0.1, 0.15) is 10.0 Å². The molecule has 7 aromatic carbocycles. The van der Waals surface area contributed by atoms with E-state index in [0.717, 1.165) is 80.5 Å². The zero-order valence-corrected chi connectivity index (χ0v) is 30.4. The summed E-state index contributed by atoms with van der Waals surface area (Å²) in [4.78, 5) is 25.1. The van der Waals surface area contributed by atoms with Crippen LogP contribution in [-0.4, -0.2) is 24.9 Å². The largest absolute Gasteiger partial charge is 0.235 e. The lowest BCUT2D eigenvalue weighted by Gasteiger charge is -2.10. The van der Waals surface area contributed by atoms with Crippen molar-refractivity contribution in [1.82, 2.24) is 24.9 Å². The summed E-state index contributed by atoms with van der Waals surface area (Å²) >= 11 is 3.43. The average Bonchev–Trinajstić information content (AvgIpc) is 3.90. The van der Waals surface area contributed by atoms with E-state index in [1.165, 1.54) is 0 Å². The standard InChI is InChI=1S/C47H29N5S2/c1-4-12-32(13-5-1)43-50-44(33-26-22-30(23-27-33)37-18-10-20-39-41(37)48-46(53-39)35-14-6-2-7-15-35)52-45(51-43)34-28-24-31(25-29-34)38-19-11-21-40-42(38)49-47(54-40)36-16-8-3-9-17-36/h1-29H. The maximum atomic E-state index is 5.07. The van der Waals surface area contributed by atoms with E-state index in [2.05, 4.69) is 133 Å². The third-order valence-electron chi connectivity index (χ3n) is 9.46. The van der Waals surface area contributed by atoms with Crippen LogP contribution < -0.4 is 0 Å². The van der Waals surface area contributed by atoms with E-state index in [4.69, 9.17) is 24.9 Å². The average molecular weight is 728 g/mol. The molecule has 0 radical (unpaired) electrons. The molecule has 0 fully saturated rings. The van der Waals surface area contributed by atoms with Gasteiger partial charge in [0.15, 0.2) is 17.5 Å². The van der Waals surface area contributed by atoms with Gasteiger partial charge in [-0.25, -0.2) is 24.9 Å². The number of thiazole rings is 2. The molecule has 0 amide bonds. The summed E-state index contributed by atoms with van der Waals surface area (Å²) in [6.45, 7) is 0. The van der Waals surface area contributed by atoms with Crippen LogP contribution in [0.2, 0.25) is 0 Å². The number of hydrogen-bond acceptors (Lipinski definition) is 7. The van der Waals surface area contributed by atoms with Crippen LogP contribution >= 0.6 is 22.7 Å². The van der Waals surface area contributed by atoms with Crippen molar-refractivity contribution < 1.29 is 0 Å². The summed E-state index contributed by atoms with van der Waals surface area (Å²) in [5.74, 6) is 1.87. The van der Waals surface area contributed by atoms with Crippen LogP contribution in [0.5, 0.6) is 0 Å². The van der Waals surface area contributed by atoms with Crippen molar-refractivity contribution in [3.05, 3.63) is 176 Å². The lowest BCUT2D eigenvalue weighted by molar-refractivity contribution is 1.07. The van der Waals surface area contributed by atoms with Crippen LogP contribution in [0.15, 0.2) is 176 Å². The van der Waals surface area contributed by atoms with Gasteiger partial charge in [-0.15, -0.1) is 22.7 Å². The van der Waals surface area contributed by atoms with Crippen molar-refractivity contribution in [1.29, 1.82) is 0 Å². The Labute approximate surface area is 320 Å². The van der Waals surface area contributed by atoms with Crippen LogP contribution in [0.25, 0.3) is 98.0 Å². The Morgan fingerprint density at radius 2 is 0.593 bits per heavy atom. The quantitative estimate of drug-likeness (QED) is 0.164. The SMILES string of the molecule is c1ccc(-c2nc(-c3ccc(-c4cccc5sc(-c6ccccc6)nc45)cc3)nc(-c3ccc(-c4cccc5sc(-c6ccccc6)nc45)cc3)n2)cc1. The fourth-order valence-electron chi connectivity index (χ4n) is 6.72. The normalized spacial score (nSPS) is 11.3. The molecule has 0 aliphatic heterocycles. The molecule has 3 heterocycles. The number of benzene rings is 7. The molecule has 10 rings (SSSR count). The highest BCUT2D eigenvalue weighted by Gasteiger charge is 2.16. The molecular weight excluding hydrogens is 699 g/mol. The van der Waals surface area contributed by atoms with Crippen molar-refractivity contribution in [3.63, 3.8) is 0 Å². The highest BCUT2D eigenvalue weighted by molar-refractivity contribution is 7.22. The first-order valence-electron chi connectivity index (χ1n) is 17.7. The summed E-state index contributed by atoms with van der Waals surface area (Å²) in [5.41, 5.74) is 11.4. The lowest BCUT2D eigenvalue weighted by atomic mass is 10.0. The first-order valence-corrected chi connectivity index (χ1v) is 19.3. The molecule has 0 aliphatic carbocycles. The monoisotopic (exact) mass is 727 g/mol. The van der Waals surface area contributed by atoms with Gasteiger partial charge in [0.2, 0.25) is 0 Å². The Kier molecular flexibility index (Phi) is 8.13. The van der Waals surface area contributed by atoms with Gasteiger partial charge in [-0.05, 0) is 23.3 Å². The zero-order chi connectivity index (χ0) is 35.8. The molecule has 0 atom stereocenters. The van der Waals surface area contributed by atoms with E-state index in [-0.39, 0.29) is 0 Å². The minimum absolute atomic E-state index is 0.619. The summed E-state index contributed by atoms with van der Waals surface area (Å²) in [6, 6.07) is 60.5. The molecule has 0 saturated heterocycles. The first-order chi connectivity index (χ1) is 26.7. The smallest absolute Gasteiger partial charge is 0.164 e. The molecule has 254 valence electrons. The Bertz CT molecular complexity index is 2720. The van der Waals surface area contributed by atoms with E-state index in [0.29, 0.717) is 17.5 Å². The van der Waals surface area contributed by atoms with Crippen LogP contribution in [0, 0.1) is 0 Å². The summed E-state index contributed by atoms with van der Waals surface area (Å²) < 4.78 is 2.33. The molecule has 3 aromatic heterocycles. The van der Waals surface area contributed by atoms with Gasteiger partial charge in [-0.1, -0.05) is 164 Å². The number of para-hydroxylation sites is 2. The second-order valence-corrected chi connectivity index (χ2v) is 15.0. The Morgan fingerprint density at radius 1 is 0.259 bits per heavy atom. The van der Waals surface area contributed by atoms with Gasteiger partial charge in [0.25, 0.3) is 0 Å². The van der Waals surface area contributed by atoms with Gasteiger partial charge < -0.3 is 0 Å². The summed E-state index contributed by atoms with van der Waals surface area (Å²) in [6.07, 6.45) is 0. The fraction of sp³-hybridized carbons (Fsp3) is 0. The molecule has 7 heteroatoms. The molecule has 54 heavy (non-hydrogen) atoms. The molecule has 0 unspecified atom stereocenters. The van der Waals surface area contributed by atoms with E-state index >= 15 is 0 Å². The van der Waals surface area contributed by atoms with Crippen molar-refractivity contribution in [2.45, 2.75) is 0 Å². The van der Waals surface area contributed by atoms with Crippen LogP contribution in [-0.2, 0) is 0 Å².